The standard InChI is InChI=1S/C8H13N3OS/c1-13-5-6-10-7(12-11-6)8(9)3-2-4-8/h2-5,9H2,1H3. The Balaban J connectivity index is 2.12. The minimum Gasteiger partial charge on any atom is -0.337 e. The Labute approximate surface area is 81.3 Å². The van der Waals surface area contributed by atoms with Crippen LogP contribution in [0.1, 0.15) is 31.0 Å². The van der Waals surface area contributed by atoms with Gasteiger partial charge in [-0.15, -0.1) is 0 Å². The maximum atomic E-state index is 6.03. The van der Waals surface area contributed by atoms with Crippen LogP contribution in [0, 0.1) is 0 Å². The summed E-state index contributed by atoms with van der Waals surface area (Å²) in [6.45, 7) is 0. The molecule has 0 spiro atoms. The van der Waals surface area contributed by atoms with E-state index in [1.165, 1.54) is 0 Å². The van der Waals surface area contributed by atoms with E-state index >= 15 is 0 Å². The van der Waals surface area contributed by atoms with Crippen LogP contribution >= 0.6 is 11.8 Å². The van der Waals surface area contributed by atoms with Crippen LogP contribution in [0.3, 0.4) is 0 Å². The zero-order valence-electron chi connectivity index (χ0n) is 7.62. The second-order valence-corrected chi connectivity index (χ2v) is 4.32. The van der Waals surface area contributed by atoms with Crippen molar-refractivity contribution >= 4 is 11.8 Å². The third-order valence-electron chi connectivity index (χ3n) is 2.41. The van der Waals surface area contributed by atoms with E-state index in [0.29, 0.717) is 5.89 Å². The molecule has 2 rings (SSSR count). The molecular weight excluding hydrogens is 186 g/mol. The van der Waals surface area contributed by atoms with Crippen molar-refractivity contribution in [3.8, 4) is 0 Å². The molecule has 1 heterocycles. The average molecular weight is 199 g/mol. The van der Waals surface area contributed by atoms with E-state index in [0.717, 1.165) is 30.8 Å². The maximum absolute atomic E-state index is 6.03. The highest BCUT2D eigenvalue weighted by Crippen LogP contribution is 2.37. The molecule has 0 saturated heterocycles. The molecule has 5 heteroatoms. The van der Waals surface area contributed by atoms with Gasteiger partial charge in [0.15, 0.2) is 5.82 Å². The minimum absolute atomic E-state index is 0.316. The summed E-state index contributed by atoms with van der Waals surface area (Å²) in [4.78, 5) is 4.27. The van der Waals surface area contributed by atoms with Gasteiger partial charge in [-0.25, -0.2) is 0 Å². The molecule has 0 bridgehead atoms. The van der Waals surface area contributed by atoms with E-state index in [9.17, 15) is 0 Å². The van der Waals surface area contributed by atoms with Crippen LogP contribution in [-0.2, 0) is 11.3 Å². The lowest BCUT2D eigenvalue weighted by molar-refractivity contribution is 0.181. The molecule has 72 valence electrons. The predicted molar refractivity (Wildman–Crippen MR) is 51.2 cm³/mol. The molecule has 13 heavy (non-hydrogen) atoms. The van der Waals surface area contributed by atoms with Crippen molar-refractivity contribution in [3.63, 3.8) is 0 Å². The molecule has 0 unspecified atom stereocenters. The Kier molecular flexibility index (Phi) is 2.29. The van der Waals surface area contributed by atoms with Gasteiger partial charge >= 0.3 is 0 Å². The number of nitrogens with zero attached hydrogens (tertiary/aromatic N) is 2. The van der Waals surface area contributed by atoms with Crippen molar-refractivity contribution < 1.29 is 4.52 Å². The number of hydrogen-bond donors (Lipinski definition) is 1. The Morgan fingerprint density at radius 1 is 1.62 bits per heavy atom. The first-order valence-electron chi connectivity index (χ1n) is 4.35. The van der Waals surface area contributed by atoms with Gasteiger partial charge in [-0.2, -0.15) is 16.7 Å². The van der Waals surface area contributed by atoms with Crippen LogP contribution in [0.4, 0.5) is 0 Å². The lowest BCUT2D eigenvalue weighted by Gasteiger charge is -2.33. The second-order valence-electron chi connectivity index (χ2n) is 3.46. The number of aromatic nitrogens is 2. The van der Waals surface area contributed by atoms with Gasteiger partial charge in [0.05, 0.1) is 11.3 Å². The van der Waals surface area contributed by atoms with Crippen LogP contribution in [0.15, 0.2) is 4.52 Å². The molecule has 0 aromatic carbocycles. The highest BCUT2D eigenvalue weighted by atomic mass is 32.2. The van der Waals surface area contributed by atoms with Crippen molar-refractivity contribution in [2.75, 3.05) is 6.26 Å². The van der Waals surface area contributed by atoms with Gasteiger partial charge in [0.1, 0.15) is 0 Å². The lowest BCUT2D eigenvalue weighted by Crippen LogP contribution is -2.43. The fraction of sp³-hybridized carbons (Fsp3) is 0.750. The van der Waals surface area contributed by atoms with E-state index in [1.807, 2.05) is 6.26 Å². The van der Waals surface area contributed by atoms with Gasteiger partial charge < -0.3 is 10.3 Å². The molecule has 0 radical (unpaired) electrons. The van der Waals surface area contributed by atoms with Gasteiger partial charge in [-0.1, -0.05) is 5.16 Å². The fourth-order valence-corrected chi connectivity index (χ4v) is 1.79. The second kappa shape index (κ2) is 3.31. The summed E-state index contributed by atoms with van der Waals surface area (Å²) in [6, 6.07) is 0. The first-order chi connectivity index (χ1) is 6.24. The van der Waals surface area contributed by atoms with E-state index in [1.54, 1.807) is 11.8 Å². The van der Waals surface area contributed by atoms with Gasteiger partial charge in [0, 0.05) is 0 Å². The predicted octanol–water partition coefficient (Wildman–Crippen LogP) is 1.27. The quantitative estimate of drug-likeness (QED) is 0.794. The summed E-state index contributed by atoms with van der Waals surface area (Å²) < 4.78 is 5.12. The van der Waals surface area contributed by atoms with Crippen molar-refractivity contribution in [1.82, 2.24) is 10.1 Å². The summed E-state index contributed by atoms with van der Waals surface area (Å²) in [5.74, 6) is 2.15. The van der Waals surface area contributed by atoms with Gasteiger partial charge in [0.25, 0.3) is 0 Å². The summed E-state index contributed by atoms with van der Waals surface area (Å²) in [7, 11) is 0. The largest absolute Gasteiger partial charge is 0.337 e. The zero-order chi connectivity index (χ0) is 9.31. The molecule has 1 saturated carbocycles. The molecule has 1 aliphatic rings. The fourth-order valence-electron chi connectivity index (χ4n) is 1.42. The molecule has 1 aromatic heterocycles. The van der Waals surface area contributed by atoms with E-state index in [-0.39, 0.29) is 5.54 Å². The Morgan fingerprint density at radius 2 is 2.38 bits per heavy atom. The molecule has 0 aliphatic heterocycles. The van der Waals surface area contributed by atoms with Crippen molar-refractivity contribution in [1.29, 1.82) is 0 Å². The van der Waals surface area contributed by atoms with Crippen molar-refractivity contribution in [2.24, 2.45) is 5.73 Å². The monoisotopic (exact) mass is 199 g/mol. The third kappa shape index (κ3) is 1.58. The summed E-state index contributed by atoms with van der Waals surface area (Å²) in [5, 5.41) is 3.87. The van der Waals surface area contributed by atoms with Crippen LogP contribution < -0.4 is 5.73 Å². The summed E-state index contributed by atoms with van der Waals surface area (Å²) >= 11 is 1.68. The van der Waals surface area contributed by atoms with Gasteiger partial charge in [-0.3, -0.25) is 0 Å². The number of rotatable bonds is 3. The van der Waals surface area contributed by atoms with Crippen LogP contribution in [0.5, 0.6) is 0 Å². The van der Waals surface area contributed by atoms with Gasteiger partial charge in [0.2, 0.25) is 5.89 Å². The Morgan fingerprint density at radius 3 is 2.92 bits per heavy atom. The van der Waals surface area contributed by atoms with E-state index in [2.05, 4.69) is 10.1 Å². The van der Waals surface area contributed by atoms with Crippen molar-refractivity contribution in [2.45, 2.75) is 30.6 Å². The SMILES string of the molecule is CSCc1noc(C2(N)CCC2)n1. The average Bonchev–Trinajstić information content (AvgIpc) is 2.50. The molecule has 0 amide bonds. The normalized spacial score (nSPS) is 19.8. The first kappa shape index (κ1) is 9.02. The lowest BCUT2D eigenvalue weighted by atomic mass is 9.78. The molecule has 4 nitrogen and oxygen atoms in total. The first-order valence-corrected chi connectivity index (χ1v) is 5.75. The molecule has 0 atom stereocenters. The molecule has 1 fully saturated rings. The highest BCUT2D eigenvalue weighted by Gasteiger charge is 2.39. The number of nitrogens with two attached hydrogens (primary N) is 1. The molecule has 1 aromatic rings. The van der Waals surface area contributed by atoms with E-state index < -0.39 is 0 Å². The summed E-state index contributed by atoms with van der Waals surface area (Å²) in [5.41, 5.74) is 5.71. The maximum Gasteiger partial charge on any atom is 0.246 e. The highest BCUT2D eigenvalue weighted by molar-refractivity contribution is 7.97. The Hall–Kier alpha value is -0.550. The van der Waals surface area contributed by atoms with Crippen LogP contribution in [-0.4, -0.2) is 16.4 Å². The number of hydrogen-bond acceptors (Lipinski definition) is 5. The van der Waals surface area contributed by atoms with Crippen LogP contribution in [0.25, 0.3) is 0 Å². The summed E-state index contributed by atoms with van der Waals surface area (Å²) in [6.07, 6.45) is 5.11. The van der Waals surface area contributed by atoms with Crippen molar-refractivity contribution in [3.05, 3.63) is 11.7 Å². The zero-order valence-corrected chi connectivity index (χ0v) is 8.43. The molecule has 1 aliphatic carbocycles. The Bertz CT molecular complexity index is 295. The van der Waals surface area contributed by atoms with Gasteiger partial charge in [-0.05, 0) is 25.5 Å². The molecule has 2 N–H and O–H groups in total. The van der Waals surface area contributed by atoms with E-state index in [4.69, 9.17) is 10.3 Å². The smallest absolute Gasteiger partial charge is 0.246 e. The van der Waals surface area contributed by atoms with Crippen LogP contribution in [0.2, 0.25) is 0 Å². The third-order valence-corrected chi connectivity index (χ3v) is 2.96. The minimum atomic E-state index is -0.316. The number of thioether (sulfide) groups is 1. The topological polar surface area (TPSA) is 64.9 Å². The molecular formula is C8H13N3OS.